The van der Waals surface area contributed by atoms with E-state index in [4.69, 9.17) is 11.6 Å². The van der Waals surface area contributed by atoms with Crippen LogP contribution in [-0.2, 0) is 11.2 Å². The summed E-state index contributed by atoms with van der Waals surface area (Å²) in [6.45, 7) is 2.86. The second-order valence-electron chi connectivity index (χ2n) is 5.39. The van der Waals surface area contributed by atoms with Gasteiger partial charge in [-0.05, 0) is 51.3 Å². The number of nitrogens with zero attached hydrogens (tertiary/aromatic N) is 2. The van der Waals surface area contributed by atoms with Crippen LogP contribution < -0.4 is 0 Å². The number of benzene rings is 1. The maximum atomic E-state index is 12.5. The van der Waals surface area contributed by atoms with E-state index in [0.717, 1.165) is 31.6 Å². The summed E-state index contributed by atoms with van der Waals surface area (Å²) in [5.74, 6) is 0.276. The lowest BCUT2D eigenvalue weighted by Gasteiger charge is -2.26. The van der Waals surface area contributed by atoms with Gasteiger partial charge in [0, 0.05) is 18.0 Å². The maximum Gasteiger partial charge on any atom is 0.155 e. The molecule has 0 amide bonds. The van der Waals surface area contributed by atoms with Gasteiger partial charge in [-0.15, -0.1) is 0 Å². The summed E-state index contributed by atoms with van der Waals surface area (Å²) in [4.78, 5) is 16.9. The summed E-state index contributed by atoms with van der Waals surface area (Å²) in [5, 5.41) is 0.691. The highest BCUT2D eigenvalue weighted by molar-refractivity contribution is 6.30. The Bertz CT molecular complexity index is 450. The second kappa shape index (κ2) is 6.51. The number of halogens is 1. The lowest BCUT2D eigenvalue weighted by Crippen LogP contribution is -2.44. The van der Waals surface area contributed by atoms with Gasteiger partial charge in [0.15, 0.2) is 5.78 Å². The molecule has 0 aliphatic carbocycles. The van der Waals surface area contributed by atoms with Crippen LogP contribution in [0.5, 0.6) is 0 Å². The molecule has 2 rings (SSSR count). The predicted octanol–water partition coefficient (Wildman–Crippen LogP) is 2.09. The molecule has 1 heterocycles. The number of carbonyl (C=O) groups excluding carboxylic acids is 1. The van der Waals surface area contributed by atoms with Crippen molar-refractivity contribution < 1.29 is 4.79 Å². The molecule has 0 N–H and O–H groups in total. The van der Waals surface area contributed by atoms with Crippen molar-refractivity contribution in [3.8, 4) is 0 Å². The highest BCUT2D eigenvalue weighted by atomic mass is 35.5. The van der Waals surface area contributed by atoms with Crippen molar-refractivity contribution in [2.24, 2.45) is 0 Å². The maximum absolute atomic E-state index is 12.5. The lowest BCUT2D eigenvalue weighted by atomic mass is 10.0. The minimum Gasteiger partial charge on any atom is -0.304 e. The monoisotopic (exact) mass is 280 g/mol. The zero-order chi connectivity index (χ0) is 13.8. The fraction of sp³-hybridized carbons (Fsp3) is 0.533. The van der Waals surface area contributed by atoms with E-state index in [-0.39, 0.29) is 11.8 Å². The van der Waals surface area contributed by atoms with E-state index in [1.54, 1.807) is 0 Å². The summed E-state index contributed by atoms with van der Waals surface area (Å²) in [7, 11) is 4.12. The minimum absolute atomic E-state index is 0.00789. The van der Waals surface area contributed by atoms with Crippen molar-refractivity contribution in [2.75, 3.05) is 33.7 Å². The van der Waals surface area contributed by atoms with Gasteiger partial charge in [0.1, 0.15) is 0 Å². The largest absolute Gasteiger partial charge is 0.304 e. The quantitative estimate of drug-likeness (QED) is 0.847. The molecule has 0 saturated carbocycles. The first-order chi connectivity index (χ1) is 9.06. The molecule has 0 radical (unpaired) electrons. The van der Waals surface area contributed by atoms with Crippen molar-refractivity contribution in [3.05, 3.63) is 34.9 Å². The lowest BCUT2D eigenvalue weighted by molar-refractivity contribution is -0.123. The molecule has 0 aromatic heterocycles. The van der Waals surface area contributed by atoms with E-state index in [1.807, 2.05) is 31.3 Å². The number of carbonyl (C=O) groups is 1. The van der Waals surface area contributed by atoms with Gasteiger partial charge in [-0.3, -0.25) is 9.69 Å². The molecule has 0 bridgehead atoms. The summed E-state index contributed by atoms with van der Waals surface area (Å²) in [5.41, 5.74) is 0.998. The van der Waals surface area contributed by atoms with Gasteiger partial charge >= 0.3 is 0 Å². The van der Waals surface area contributed by atoms with Gasteiger partial charge < -0.3 is 4.90 Å². The number of Topliss-reactive ketones (excluding diaryl/α,β-unsaturated/α-hetero) is 1. The minimum atomic E-state index is -0.00789. The van der Waals surface area contributed by atoms with Gasteiger partial charge in [0.25, 0.3) is 0 Å². The molecular weight excluding hydrogens is 260 g/mol. The molecule has 1 saturated heterocycles. The Balaban J connectivity index is 2.05. The van der Waals surface area contributed by atoms with Crippen molar-refractivity contribution in [1.29, 1.82) is 0 Å². The molecular formula is C15H21ClN2O. The fourth-order valence-corrected chi connectivity index (χ4v) is 2.80. The first-order valence-electron chi connectivity index (χ1n) is 6.72. The normalized spacial score (nSPS) is 22.2. The third kappa shape index (κ3) is 4.03. The van der Waals surface area contributed by atoms with Crippen molar-refractivity contribution >= 4 is 17.4 Å². The van der Waals surface area contributed by atoms with Crippen LogP contribution in [-0.4, -0.2) is 55.4 Å². The molecule has 1 aromatic rings. The number of likely N-dealkylation sites (N-methyl/N-ethyl adjacent to an activating group) is 2. The third-order valence-corrected chi connectivity index (χ3v) is 3.94. The Hall–Kier alpha value is -0.900. The zero-order valence-corrected chi connectivity index (χ0v) is 12.4. The number of rotatable bonds is 3. The number of ketones is 1. The van der Waals surface area contributed by atoms with E-state index in [2.05, 4.69) is 16.8 Å². The molecule has 1 aromatic carbocycles. The van der Waals surface area contributed by atoms with E-state index in [0.29, 0.717) is 11.4 Å². The summed E-state index contributed by atoms with van der Waals surface area (Å²) in [6.07, 6.45) is 1.58. The van der Waals surface area contributed by atoms with Crippen LogP contribution in [0.3, 0.4) is 0 Å². The van der Waals surface area contributed by atoms with Crippen LogP contribution in [0.4, 0.5) is 0 Å². The Morgan fingerprint density at radius 1 is 1.37 bits per heavy atom. The molecule has 1 aliphatic rings. The smallest absolute Gasteiger partial charge is 0.155 e. The molecule has 19 heavy (non-hydrogen) atoms. The Morgan fingerprint density at radius 2 is 2.16 bits per heavy atom. The molecule has 104 valence electrons. The Morgan fingerprint density at radius 3 is 2.89 bits per heavy atom. The molecule has 1 atom stereocenters. The van der Waals surface area contributed by atoms with Crippen molar-refractivity contribution in [2.45, 2.75) is 18.9 Å². The van der Waals surface area contributed by atoms with Gasteiger partial charge in [0.2, 0.25) is 0 Å². The van der Waals surface area contributed by atoms with Crippen LogP contribution in [0.25, 0.3) is 0 Å². The molecule has 1 unspecified atom stereocenters. The predicted molar refractivity (Wildman–Crippen MR) is 78.7 cm³/mol. The zero-order valence-electron chi connectivity index (χ0n) is 11.6. The Labute approximate surface area is 120 Å². The van der Waals surface area contributed by atoms with Crippen LogP contribution in [0.15, 0.2) is 24.3 Å². The van der Waals surface area contributed by atoms with Crippen molar-refractivity contribution in [3.63, 3.8) is 0 Å². The van der Waals surface area contributed by atoms with Gasteiger partial charge in [-0.1, -0.05) is 23.7 Å². The summed E-state index contributed by atoms with van der Waals surface area (Å²) in [6, 6.07) is 7.56. The number of hydrogen-bond acceptors (Lipinski definition) is 3. The second-order valence-corrected chi connectivity index (χ2v) is 5.82. The number of hydrogen-bond donors (Lipinski definition) is 0. The molecule has 1 fully saturated rings. The first kappa shape index (κ1) is 14.5. The first-order valence-corrected chi connectivity index (χ1v) is 7.10. The topological polar surface area (TPSA) is 23.6 Å². The van der Waals surface area contributed by atoms with Crippen molar-refractivity contribution in [1.82, 2.24) is 9.80 Å². The van der Waals surface area contributed by atoms with Gasteiger partial charge in [0.05, 0.1) is 6.04 Å². The molecule has 3 nitrogen and oxygen atoms in total. The van der Waals surface area contributed by atoms with Crippen LogP contribution >= 0.6 is 11.6 Å². The van der Waals surface area contributed by atoms with E-state index in [9.17, 15) is 4.79 Å². The summed E-state index contributed by atoms with van der Waals surface area (Å²) >= 11 is 5.96. The van der Waals surface area contributed by atoms with E-state index < -0.39 is 0 Å². The average Bonchev–Trinajstić information content (AvgIpc) is 2.51. The van der Waals surface area contributed by atoms with Crippen LogP contribution in [0, 0.1) is 0 Å². The Kier molecular flexibility index (Phi) is 4.97. The van der Waals surface area contributed by atoms with E-state index in [1.165, 1.54) is 0 Å². The van der Waals surface area contributed by atoms with Gasteiger partial charge in [-0.2, -0.15) is 0 Å². The van der Waals surface area contributed by atoms with Crippen LogP contribution in [0.1, 0.15) is 12.0 Å². The third-order valence-electron chi connectivity index (χ3n) is 3.71. The molecule has 0 spiro atoms. The SMILES string of the molecule is CN1CCCN(C)C(C(=O)Cc2cccc(Cl)c2)C1. The average molecular weight is 281 g/mol. The standard InChI is InChI=1S/C15H21ClN2O/c1-17-7-4-8-18(2)14(11-17)15(19)10-12-5-3-6-13(16)9-12/h3,5-6,9,14H,4,7-8,10-11H2,1-2H3. The molecule has 4 heteroatoms. The van der Waals surface area contributed by atoms with E-state index >= 15 is 0 Å². The van der Waals surface area contributed by atoms with Gasteiger partial charge in [-0.25, -0.2) is 0 Å². The highest BCUT2D eigenvalue weighted by Gasteiger charge is 2.26. The van der Waals surface area contributed by atoms with Crippen LogP contribution in [0.2, 0.25) is 5.02 Å². The fourth-order valence-electron chi connectivity index (χ4n) is 2.59. The summed E-state index contributed by atoms with van der Waals surface area (Å²) < 4.78 is 0. The molecule has 1 aliphatic heterocycles. The highest BCUT2D eigenvalue weighted by Crippen LogP contribution is 2.14.